The lowest BCUT2D eigenvalue weighted by Gasteiger charge is -2.32. The molecule has 0 amide bonds. The third-order valence-corrected chi connectivity index (χ3v) is 4.97. The van der Waals surface area contributed by atoms with Gasteiger partial charge < -0.3 is 21.4 Å². The molecule has 0 bridgehead atoms. The van der Waals surface area contributed by atoms with E-state index in [2.05, 4.69) is 40.0 Å². The van der Waals surface area contributed by atoms with E-state index in [4.69, 9.17) is 11.5 Å². The number of aromatic amines is 1. The molecule has 0 aliphatic carbocycles. The molecule has 1 aliphatic rings. The van der Waals surface area contributed by atoms with Gasteiger partial charge in [-0.3, -0.25) is 0 Å². The standard InChI is InChI=1S/C19H23N5/c1-12-6-8-24(9-7-12)14-3-5-17-18(11-14)23-19(22-17)13-2-4-15(20)16(21)10-13/h2-5,10-12H,6-9,20-21H2,1H3,(H,22,23). The second-order valence-electron chi connectivity index (χ2n) is 6.80. The summed E-state index contributed by atoms with van der Waals surface area (Å²) in [7, 11) is 0. The zero-order valence-corrected chi connectivity index (χ0v) is 13.9. The smallest absolute Gasteiger partial charge is 0.138 e. The quantitative estimate of drug-likeness (QED) is 0.629. The minimum Gasteiger partial charge on any atom is -0.397 e. The van der Waals surface area contributed by atoms with Crippen LogP contribution in [0.25, 0.3) is 22.4 Å². The van der Waals surface area contributed by atoms with Crippen molar-refractivity contribution >= 4 is 28.1 Å². The summed E-state index contributed by atoms with van der Waals surface area (Å²) < 4.78 is 0. The van der Waals surface area contributed by atoms with Gasteiger partial charge in [-0.1, -0.05) is 6.92 Å². The van der Waals surface area contributed by atoms with E-state index in [1.165, 1.54) is 18.5 Å². The molecule has 0 unspecified atom stereocenters. The Morgan fingerprint density at radius 1 is 1.04 bits per heavy atom. The fraction of sp³-hybridized carbons (Fsp3) is 0.316. The summed E-state index contributed by atoms with van der Waals surface area (Å²) in [5.41, 5.74) is 17.1. The van der Waals surface area contributed by atoms with E-state index in [0.717, 1.165) is 41.4 Å². The fourth-order valence-electron chi connectivity index (χ4n) is 3.32. The summed E-state index contributed by atoms with van der Waals surface area (Å²) >= 11 is 0. The van der Waals surface area contributed by atoms with E-state index >= 15 is 0 Å². The van der Waals surface area contributed by atoms with Crippen LogP contribution in [0.4, 0.5) is 17.1 Å². The van der Waals surface area contributed by atoms with Crippen LogP contribution in [0.2, 0.25) is 0 Å². The van der Waals surface area contributed by atoms with Crippen molar-refractivity contribution in [3.8, 4) is 11.4 Å². The summed E-state index contributed by atoms with van der Waals surface area (Å²) in [5, 5.41) is 0. The fourth-order valence-corrected chi connectivity index (χ4v) is 3.32. The van der Waals surface area contributed by atoms with Gasteiger partial charge in [-0.2, -0.15) is 0 Å². The van der Waals surface area contributed by atoms with Crippen LogP contribution in [-0.2, 0) is 0 Å². The van der Waals surface area contributed by atoms with Gasteiger partial charge in [0.1, 0.15) is 5.82 Å². The van der Waals surface area contributed by atoms with Crippen molar-refractivity contribution < 1.29 is 0 Å². The first kappa shape index (κ1) is 14.9. The Kier molecular flexibility index (Phi) is 3.56. The molecule has 3 aromatic rings. The minimum absolute atomic E-state index is 0.580. The number of nitrogen functional groups attached to an aromatic ring is 2. The second-order valence-corrected chi connectivity index (χ2v) is 6.80. The Morgan fingerprint density at radius 2 is 1.83 bits per heavy atom. The number of nitrogens with two attached hydrogens (primary N) is 2. The van der Waals surface area contributed by atoms with Crippen molar-refractivity contribution in [1.29, 1.82) is 0 Å². The van der Waals surface area contributed by atoms with Crippen LogP contribution < -0.4 is 16.4 Å². The third-order valence-electron chi connectivity index (χ3n) is 4.97. The van der Waals surface area contributed by atoms with Gasteiger partial charge in [0.05, 0.1) is 22.4 Å². The maximum atomic E-state index is 5.91. The van der Waals surface area contributed by atoms with Crippen LogP contribution >= 0.6 is 0 Å². The van der Waals surface area contributed by atoms with Crippen LogP contribution in [0.5, 0.6) is 0 Å². The first-order valence-corrected chi connectivity index (χ1v) is 8.50. The largest absolute Gasteiger partial charge is 0.397 e. The third kappa shape index (κ3) is 2.66. The van der Waals surface area contributed by atoms with Crippen LogP contribution in [0, 0.1) is 5.92 Å². The molecule has 1 aliphatic heterocycles. The van der Waals surface area contributed by atoms with E-state index in [0.29, 0.717) is 11.4 Å². The molecule has 0 radical (unpaired) electrons. The van der Waals surface area contributed by atoms with Crippen molar-refractivity contribution in [1.82, 2.24) is 9.97 Å². The van der Waals surface area contributed by atoms with Gasteiger partial charge in [0.2, 0.25) is 0 Å². The number of hydrogen-bond acceptors (Lipinski definition) is 4. The summed E-state index contributed by atoms with van der Waals surface area (Å²) in [6, 6.07) is 12.1. The Bertz CT molecular complexity index is 875. The van der Waals surface area contributed by atoms with Gasteiger partial charge in [-0.05, 0) is 55.2 Å². The average molecular weight is 321 g/mol. The lowest BCUT2D eigenvalue weighted by Crippen LogP contribution is -2.32. The molecule has 4 rings (SSSR count). The van der Waals surface area contributed by atoms with Crippen molar-refractivity contribution in [3.63, 3.8) is 0 Å². The number of rotatable bonds is 2. The maximum Gasteiger partial charge on any atom is 0.138 e. The van der Waals surface area contributed by atoms with E-state index in [1.807, 2.05) is 18.2 Å². The summed E-state index contributed by atoms with van der Waals surface area (Å²) in [5.74, 6) is 1.65. The molecule has 0 atom stereocenters. The molecular formula is C19H23N5. The lowest BCUT2D eigenvalue weighted by atomic mass is 9.99. The first-order valence-electron chi connectivity index (χ1n) is 8.50. The predicted octanol–water partition coefficient (Wildman–Crippen LogP) is 3.63. The monoisotopic (exact) mass is 321 g/mol. The Morgan fingerprint density at radius 3 is 2.58 bits per heavy atom. The van der Waals surface area contributed by atoms with Crippen molar-refractivity contribution in [2.24, 2.45) is 5.92 Å². The lowest BCUT2D eigenvalue weighted by molar-refractivity contribution is 0.438. The maximum absolute atomic E-state index is 5.91. The van der Waals surface area contributed by atoms with Gasteiger partial charge in [0.25, 0.3) is 0 Å². The molecule has 1 aromatic heterocycles. The first-order chi connectivity index (χ1) is 11.6. The van der Waals surface area contributed by atoms with Crippen LogP contribution in [-0.4, -0.2) is 23.1 Å². The highest BCUT2D eigenvalue weighted by molar-refractivity contribution is 5.84. The molecule has 24 heavy (non-hydrogen) atoms. The Hall–Kier alpha value is -2.69. The van der Waals surface area contributed by atoms with E-state index < -0.39 is 0 Å². The van der Waals surface area contributed by atoms with E-state index in [1.54, 1.807) is 0 Å². The molecular weight excluding hydrogens is 298 g/mol. The zero-order valence-electron chi connectivity index (χ0n) is 13.9. The molecule has 2 heterocycles. The highest BCUT2D eigenvalue weighted by Crippen LogP contribution is 2.29. The van der Waals surface area contributed by atoms with Gasteiger partial charge in [-0.15, -0.1) is 0 Å². The number of H-pyrrole nitrogens is 1. The average Bonchev–Trinajstić information content (AvgIpc) is 3.01. The highest BCUT2D eigenvalue weighted by Gasteiger charge is 2.17. The van der Waals surface area contributed by atoms with Gasteiger partial charge in [0, 0.05) is 24.3 Å². The summed E-state index contributed by atoms with van der Waals surface area (Å²) in [6.45, 7) is 4.59. The topological polar surface area (TPSA) is 84.0 Å². The van der Waals surface area contributed by atoms with Crippen LogP contribution in [0.3, 0.4) is 0 Å². The van der Waals surface area contributed by atoms with Crippen LogP contribution in [0.15, 0.2) is 36.4 Å². The van der Waals surface area contributed by atoms with E-state index in [9.17, 15) is 0 Å². The molecule has 5 N–H and O–H groups in total. The van der Waals surface area contributed by atoms with Crippen molar-refractivity contribution in [3.05, 3.63) is 36.4 Å². The predicted molar refractivity (Wildman–Crippen MR) is 101 cm³/mol. The molecule has 5 nitrogen and oxygen atoms in total. The number of imidazole rings is 1. The zero-order chi connectivity index (χ0) is 16.7. The Balaban J connectivity index is 1.67. The number of nitrogens with zero attached hydrogens (tertiary/aromatic N) is 2. The van der Waals surface area contributed by atoms with Crippen molar-refractivity contribution in [2.45, 2.75) is 19.8 Å². The number of benzene rings is 2. The second kappa shape index (κ2) is 5.74. The van der Waals surface area contributed by atoms with Gasteiger partial charge in [-0.25, -0.2) is 4.98 Å². The van der Waals surface area contributed by atoms with Crippen molar-refractivity contribution in [2.75, 3.05) is 29.5 Å². The number of anilines is 3. The van der Waals surface area contributed by atoms with E-state index in [-0.39, 0.29) is 0 Å². The molecule has 124 valence electrons. The normalized spacial score (nSPS) is 16.0. The molecule has 0 spiro atoms. The minimum atomic E-state index is 0.580. The number of aromatic nitrogens is 2. The molecule has 1 fully saturated rings. The SMILES string of the molecule is CC1CCN(c2ccc3nc(-c4ccc(N)c(N)c4)[nH]c3c2)CC1. The van der Waals surface area contributed by atoms with Crippen LogP contribution in [0.1, 0.15) is 19.8 Å². The number of fused-ring (bicyclic) bond motifs is 1. The van der Waals surface area contributed by atoms with Gasteiger partial charge in [0.15, 0.2) is 0 Å². The molecule has 0 saturated carbocycles. The van der Waals surface area contributed by atoms with Gasteiger partial charge >= 0.3 is 0 Å². The Labute approximate surface area is 141 Å². The molecule has 5 heteroatoms. The molecule has 1 saturated heterocycles. The highest BCUT2D eigenvalue weighted by atomic mass is 15.1. The number of hydrogen-bond donors (Lipinski definition) is 3. The molecule has 2 aromatic carbocycles. The number of nitrogens with one attached hydrogen (secondary N) is 1. The number of piperidine rings is 1. The summed E-state index contributed by atoms with van der Waals surface area (Å²) in [4.78, 5) is 10.6. The summed E-state index contributed by atoms with van der Waals surface area (Å²) in [6.07, 6.45) is 2.52.